The monoisotopic (exact) mass is 264 g/mol. The number of fused-ring (bicyclic) bond motifs is 1. The molecule has 0 aromatic carbocycles. The molecule has 2 rings (SSSR count). The van der Waals surface area contributed by atoms with E-state index in [0.717, 1.165) is 5.65 Å². The van der Waals surface area contributed by atoms with Crippen LogP contribution in [0.4, 0.5) is 0 Å². The molecule has 18 heavy (non-hydrogen) atoms. The largest absolute Gasteiger partial charge is 0.382 e. The van der Waals surface area contributed by atoms with Crippen molar-refractivity contribution in [1.82, 2.24) is 14.5 Å². The van der Waals surface area contributed by atoms with E-state index in [1.54, 1.807) is 17.9 Å². The molecule has 0 aliphatic rings. The average Bonchev–Trinajstić information content (AvgIpc) is 2.74. The Morgan fingerprint density at radius 2 is 2.39 bits per heavy atom. The van der Waals surface area contributed by atoms with Crippen LogP contribution in [-0.4, -0.2) is 34.9 Å². The number of nitrogens with one attached hydrogen (secondary N) is 1. The normalized spacial score (nSPS) is 10.7. The van der Waals surface area contributed by atoms with Gasteiger partial charge in [0.05, 0.1) is 30.5 Å². The third-order valence-corrected chi connectivity index (χ3v) is 2.77. The first-order valence-corrected chi connectivity index (χ1v) is 5.72. The van der Waals surface area contributed by atoms with Crippen LogP contribution in [0.15, 0.2) is 12.5 Å². The van der Waals surface area contributed by atoms with Gasteiger partial charge in [-0.15, -0.1) is 0 Å². The van der Waals surface area contributed by atoms with Crippen molar-refractivity contribution in [3.63, 3.8) is 0 Å². The second-order valence-electron chi connectivity index (χ2n) is 3.59. The summed E-state index contributed by atoms with van der Waals surface area (Å²) in [6.45, 7) is 1.35. The zero-order chi connectivity index (χ0) is 13.0. The fraction of sp³-hybridized carbons (Fsp3) is 0.364. The lowest BCUT2D eigenvalue weighted by Gasteiger charge is -2.05. The van der Waals surface area contributed by atoms with Crippen LogP contribution in [-0.2, 0) is 16.2 Å². The van der Waals surface area contributed by atoms with Crippen molar-refractivity contribution in [2.24, 2.45) is 0 Å². The number of aromatic amines is 1. The molecule has 7 heteroatoms. The van der Waals surface area contributed by atoms with Crippen molar-refractivity contribution in [2.45, 2.75) is 6.73 Å². The maximum atomic E-state index is 9.07. The van der Waals surface area contributed by atoms with Crippen molar-refractivity contribution in [3.8, 4) is 6.07 Å². The maximum Gasteiger partial charge on any atom is 0.140 e. The van der Waals surface area contributed by atoms with Crippen LogP contribution in [0.2, 0.25) is 0 Å². The molecule has 0 fully saturated rings. The van der Waals surface area contributed by atoms with E-state index in [4.69, 9.17) is 27.0 Å². The van der Waals surface area contributed by atoms with Crippen LogP contribution in [0, 0.1) is 16.0 Å². The molecule has 0 radical (unpaired) electrons. The van der Waals surface area contributed by atoms with E-state index in [1.165, 1.54) is 6.33 Å². The van der Waals surface area contributed by atoms with Crippen LogP contribution in [0.1, 0.15) is 5.56 Å². The number of rotatable bonds is 5. The van der Waals surface area contributed by atoms with Crippen molar-refractivity contribution in [1.29, 1.82) is 5.26 Å². The van der Waals surface area contributed by atoms with Gasteiger partial charge in [0.1, 0.15) is 23.1 Å². The standard InChI is InChI=1S/C11H12N4O2S/c1-16-2-3-17-7-15-5-8(4-12)9-10(15)13-6-14-11(9)18/h5-6H,2-3,7H2,1H3,(H,13,14,18). The van der Waals surface area contributed by atoms with Crippen LogP contribution in [0.3, 0.4) is 0 Å². The molecule has 2 aromatic heterocycles. The molecule has 0 amide bonds. The Kier molecular flexibility index (Phi) is 4.04. The van der Waals surface area contributed by atoms with Crippen LogP contribution < -0.4 is 0 Å². The number of nitrogens with zero attached hydrogens (tertiary/aromatic N) is 3. The van der Waals surface area contributed by atoms with Gasteiger partial charge in [-0.25, -0.2) is 4.98 Å². The Morgan fingerprint density at radius 1 is 1.56 bits per heavy atom. The predicted molar refractivity (Wildman–Crippen MR) is 67.5 cm³/mol. The van der Waals surface area contributed by atoms with E-state index >= 15 is 0 Å². The summed E-state index contributed by atoms with van der Waals surface area (Å²) in [7, 11) is 1.62. The fourth-order valence-corrected chi connectivity index (χ4v) is 1.90. The summed E-state index contributed by atoms with van der Waals surface area (Å²) in [4.78, 5) is 6.95. The SMILES string of the molecule is COCCOCn1cc(C#N)c2c(=S)nc[nH]c21. The highest BCUT2D eigenvalue weighted by atomic mass is 32.1. The van der Waals surface area contributed by atoms with Crippen molar-refractivity contribution < 1.29 is 9.47 Å². The second kappa shape index (κ2) is 5.73. The fourth-order valence-electron chi connectivity index (χ4n) is 1.64. The van der Waals surface area contributed by atoms with Gasteiger partial charge in [-0.2, -0.15) is 5.26 Å². The summed E-state index contributed by atoms with van der Waals surface area (Å²) in [5.74, 6) is 0. The zero-order valence-corrected chi connectivity index (χ0v) is 10.7. The lowest BCUT2D eigenvalue weighted by Crippen LogP contribution is -2.06. The number of nitriles is 1. The smallest absolute Gasteiger partial charge is 0.140 e. The quantitative estimate of drug-likeness (QED) is 0.655. The minimum absolute atomic E-state index is 0.330. The first-order valence-electron chi connectivity index (χ1n) is 5.31. The number of ether oxygens (including phenoxy) is 2. The number of methoxy groups -OCH3 is 1. The molecular weight excluding hydrogens is 252 g/mol. The summed E-state index contributed by atoms with van der Waals surface area (Å²) in [5, 5.41) is 9.73. The summed E-state index contributed by atoms with van der Waals surface area (Å²) >= 11 is 5.12. The Morgan fingerprint density at radius 3 is 3.11 bits per heavy atom. The van der Waals surface area contributed by atoms with Gasteiger partial charge in [0.25, 0.3) is 0 Å². The van der Waals surface area contributed by atoms with Gasteiger partial charge in [-0.1, -0.05) is 12.2 Å². The number of H-pyrrole nitrogens is 1. The molecule has 0 bridgehead atoms. The van der Waals surface area contributed by atoms with E-state index < -0.39 is 0 Å². The third-order valence-electron chi connectivity index (χ3n) is 2.46. The summed E-state index contributed by atoms with van der Waals surface area (Å²) in [5.41, 5.74) is 1.23. The lowest BCUT2D eigenvalue weighted by atomic mass is 10.3. The molecule has 2 heterocycles. The van der Waals surface area contributed by atoms with E-state index in [9.17, 15) is 0 Å². The molecule has 1 N–H and O–H groups in total. The van der Waals surface area contributed by atoms with Crippen LogP contribution >= 0.6 is 12.2 Å². The number of hydrogen-bond donors (Lipinski definition) is 1. The molecule has 0 spiro atoms. The van der Waals surface area contributed by atoms with E-state index in [1.807, 2.05) is 0 Å². The Hall–Kier alpha value is -1.75. The summed E-state index contributed by atoms with van der Waals surface area (Å²) in [6, 6.07) is 2.11. The van der Waals surface area contributed by atoms with Gasteiger partial charge < -0.3 is 19.0 Å². The minimum Gasteiger partial charge on any atom is -0.382 e. The lowest BCUT2D eigenvalue weighted by molar-refractivity contribution is 0.0358. The van der Waals surface area contributed by atoms with E-state index in [2.05, 4.69) is 16.0 Å². The number of hydrogen-bond acceptors (Lipinski definition) is 5. The summed E-state index contributed by atoms with van der Waals surface area (Å²) in [6.07, 6.45) is 3.21. The molecule has 94 valence electrons. The van der Waals surface area contributed by atoms with E-state index in [0.29, 0.717) is 35.5 Å². The highest BCUT2D eigenvalue weighted by Gasteiger charge is 2.10. The summed E-state index contributed by atoms with van der Waals surface area (Å²) < 4.78 is 12.5. The highest BCUT2D eigenvalue weighted by molar-refractivity contribution is 7.71. The molecule has 0 saturated carbocycles. The van der Waals surface area contributed by atoms with Gasteiger partial charge in [-0.3, -0.25) is 0 Å². The Labute approximate surface area is 109 Å². The topological polar surface area (TPSA) is 75.9 Å². The van der Waals surface area contributed by atoms with Gasteiger partial charge in [-0.05, 0) is 0 Å². The van der Waals surface area contributed by atoms with Crippen molar-refractivity contribution >= 4 is 23.3 Å². The third kappa shape index (κ3) is 2.41. The van der Waals surface area contributed by atoms with Crippen LogP contribution in [0.25, 0.3) is 11.0 Å². The molecule has 0 atom stereocenters. The Balaban J connectivity index is 2.32. The van der Waals surface area contributed by atoms with Crippen molar-refractivity contribution in [3.05, 3.63) is 22.7 Å². The van der Waals surface area contributed by atoms with Crippen LogP contribution in [0.5, 0.6) is 0 Å². The molecule has 0 aliphatic heterocycles. The molecule has 0 unspecified atom stereocenters. The van der Waals surface area contributed by atoms with Crippen molar-refractivity contribution in [2.75, 3.05) is 20.3 Å². The van der Waals surface area contributed by atoms with Gasteiger partial charge in [0.15, 0.2) is 0 Å². The Bertz CT molecular complexity index is 641. The molecule has 0 saturated heterocycles. The average molecular weight is 264 g/mol. The number of aromatic nitrogens is 3. The highest BCUT2D eigenvalue weighted by Crippen LogP contribution is 2.18. The van der Waals surface area contributed by atoms with Gasteiger partial charge in [0, 0.05) is 13.3 Å². The molecular formula is C11H12N4O2S. The zero-order valence-electron chi connectivity index (χ0n) is 9.84. The maximum absolute atomic E-state index is 9.07. The van der Waals surface area contributed by atoms with Gasteiger partial charge in [0.2, 0.25) is 0 Å². The first kappa shape index (κ1) is 12.7. The molecule has 0 aliphatic carbocycles. The predicted octanol–water partition coefficient (Wildman–Crippen LogP) is 1.59. The molecule has 2 aromatic rings. The van der Waals surface area contributed by atoms with Gasteiger partial charge >= 0.3 is 0 Å². The molecule has 6 nitrogen and oxygen atoms in total. The van der Waals surface area contributed by atoms with E-state index in [-0.39, 0.29) is 0 Å². The second-order valence-corrected chi connectivity index (χ2v) is 3.97. The first-order chi connectivity index (χ1) is 8.77. The minimum atomic E-state index is 0.330.